The Morgan fingerprint density at radius 2 is 1.76 bits per heavy atom. The number of amides is 2. The van der Waals surface area contributed by atoms with Crippen molar-refractivity contribution in [1.82, 2.24) is 5.32 Å². The average Bonchev–Trinajstić information content (AvgIpc) is 3.27. The Balaban J connectivity index is 1.25. The Labute approximate surface area is 196 Å². The van der Waals surface area contributed by atoms with E-state index >= 15 is 0 Å². The van der Waals surface area contributed by atoms with Gasteiger partial charge >= 0.3 is 0 Å². The highest BCUT2D eigenvalue weighted by molar-refractivity contribution is 6.05. The molecule has 0 saturated heterocycles. The standard InChI is InChI=1S/C26H25N3O5/c1-32-16-17-6-7-19-15-24(34-23(19)14-17)26(31)28-12-13-33-20-10-8-18(9-11-20)25(30)29-22-5-3-2-4-21(22)27/h2-11,14-15H,12-13,16,27H2,1H3,(H,28,31)(H,29,30). The van der Waals surface area contributed by atoms with Crippen LogP contribution in [0.1, 0.15) is 26.5 Å². The number of methoxy groups -OCH3 is 1. The van der Waals surface area contributed by atoms with Crippen molar-refractivity contribution in [3.63, 3.8) is 0 Å². The summed E-state index contributed by atoms with van der Waals surface area (Å²) in [5.74, 6) is 0.232. The van der Waals surface area contributed by atoms with Gasteiger partial charge in [0.05, 0.1) is 24.5 Å². The highest BCUT2D eigenvalue weighted by atomic mass is 16.5. The summed E-state index contributed by atoms with van der Waals surface area (Å²) in [6, 6.07) is 21.2. The molecular weight excluding hydrogens is 434 g/mol. The molecule has 0 bridgehead atoms. The molecule has 4 rings (SSSR count). The van der Waals surface area contributed by atoms with Crippen LogP contribution in [-0.4, -0.2) is 32.1 Å². The molecule has 0 aliphatic heterocycles. The molecule has 174 valence electrons. The van der Waals surface area contributed by atoms with Crippen LogP contribution in [0.5, 0.6) is 5.75 Å². The lowest BCUT2D eigenvalue weighted by atomic mass is 10.2. The van der Waals surface area contributed by atoms with Crippen molar-refractivity contribution in [3.8, 4) is 5.75 Å². The molecular formula is C26H25N3O5. The quantitative estimate of drug-likeness (QED) is 0.255. The van der Waals surface area contributed by atoms with E-state index in [1.165, 1.54) is 0 Å². The van der Waals surface area contributed by atoms with Gasteiger partial charge in [-0.3, -0.25) is 9.59 Å². The molecule has 0 atom stereocenters. The van der Waals surface area contributed by atoms with Crippen LogP contribution in [0.3, 0.4) is 0 Å². The van der Waals surface area contributed by atoms with Crippen LogP contribution in [0.15, 0.2) is 77.2 Å². The van der Waals surface area contributed by atoms with Gasteiger partial charge in [-0.05, 0) is 54.1 Å². The molecule has 4 aromatic rings. The number of carbonyl (C=O) groups is 2. The van der Waals surface area contributed by atoms with E-state index in [0.717, 1.165) is 10.9 Å². The second-order valence-electron chi connectivity index (χ2n) is 7.59. The van der Waals surface area contributed by atoms with Crippen LogP contribution in [0, 0.1) is 0 Å². The number of nitrogens with one attached hydrogen (secondary N) is 2. The minimum absolute atomic E-state index is 0.235. The predicted molar refractivity (Wildman–Crippen MR) is 130 cm³/mol. The summed E-state index contributed by atoms with van der Waals surface area (Å²) in [7, 11) is 1.63. The highest BCUT2D eigenvalue weighted by Gasteiger charge is 2.12. The smallest absolute Gasteiger partial charge is 0.287 e. The molecule has 0 radical (unpaired) electrons. The lowest BCUT2D eigenvalue weighted by molar-refractivity contribution is 0.0920. The number of benzene rings is 3. The maximum atomic E-state index is 12.4. The monoisotopic (exact) mass is 459 g/mol. The minimum atomic E-state index is -0.319. The highest BCUT2D eigenvalue weighted by Crippen LogP contribution is 2.21. The fourth-order valence-corrected chi connectivity index (χ4v) is 3.37. The van der Waals surface area contributed by atoms with Gasteiger partial charge in [-0.25, -0.2) is 0 Å². The third-order valence-corrected chi connectivity index (χ3v) is 5.10. The first kappa shape index (κ1) is 22.9. The lowest BCUT2D eigenvalue weighted by Gasteiger charge is -2.09. The Morgan fingerprint density at radius 3 is 2.53 bits per heavy atom. The van der Waals surface area contributed by atoms with E-state index in [9.17, 15) is 9.59 Å². The van der Waals surface area contributed by atoms with Crippen molar-refractivity contribution >= 4 is 34.2 Å². The molecule has 0 spiro atoms. The fourth-order valence-electron chi connectivity index (χ4n) is 3.37. The summed E-state index contributed by atoms with van der Waals surface area (Å²) in [4.78, 5) is 24.8. The molecule has 34 heavy (non-hydrogen) atoms. The Morgan fingerprint density at radius 1 is 0.971 bits per heavy atom. The summed E-state index contributed by atoms with van der Waals surface area (Å²) < 4.78 is 16.4. The molecule has 0 aliphatic rings. The van der Waals surface area contributed by atoms with Crippen LogP contribution in [-0.2, 0) is 11.3 Å². The van der Waals surface area contributed by atoms with Crippen molar-refractivity contribution in [2.24, 2.45) is 0 Å². The van der Waals surface area contributed by atoms with Crippen LogP contribution in [0.25, 0.3) is 11.0 Å². The molecule has 0 unspecified atom stereocenters. The van der Waals surface area contributed by atoms with E-state index in [2.05, 4.69) is 10.6 Å². The first-order chi connectivity index (χ1) is 16.5. The number of anilines is 2. The number of nitrogen functional groups attached to an aromatic ring is 1. The second-order valence-corrected chi connectivity index (χ2v) is 7.59. The van der Waals surface area contributed by atoms with Crippen molar-refractivity contribution in [2.45, 2.75) is 6.61 Å². The van der Waals surface area contributed by atoms with Crippen molar-refractivity contribution in [2.75, 3.05) is 31.3 Å². The van der Waals surface area contributed by atoms with Crippen LogP contribution in [0.2, 0.25) is 0 Å². The van der Waals surface area contributed by atoms with Gasteiger partial charge in [0.25, 0.3) is 11.8 Å². The number of rotatable bonds is 9. The van der Waals surface area contributed by atoms with Gasteiger partial charge in [0.15, 0.2) is 5.76 Å². The maximum absolute atomic E-state index is 12.4. The number of para-hydroxylation sites is 2. The van der Waals surface area contributed by atoms with E-state index in [1.807, 2.05) is 18.2 Å². The van der Waals surface area contributed by atoms with Gasteiger partial charge in [-0.15, -0.1) is 0 Å². The molecule has 1 aromatic heterocycles. The Hall–Kier alpha value is -4.30. The topological polar surface area (TPSA) is 116 Å². The number of nitrogens with two attached hydrogens (primary N) is 1. The van der Waals surface area contributed by atoms with E-state index < -0.39 is 0 Å². The third-order valence-electron chi connectivity index (χ3n) is 5.10. The van der Waals surface area contributed by atoms with E-state index in [4.69, 9.17) is 19.6 Å². The SMILES string of the molecule is COCc1ccc2cc(C(=O)NCCOc3ccc(C(=O)Nc4ccccc4N)cc3)oc2c1. The van der Waals surface area contributed by atoms with Gasteiger partial charge in [-0.2, -0.15) is 0 Å². The summed E-state index contributed by atoms with van der Waals surface area (Å²) in [6.07, 6.45) is 0. The second kappa shape index (κ2) is 10.5. The molecule has 1 heterocycles. The average molecular weight is 460 g/mol. The van der Waals surface area contributed by atoms with Crippen LogP contribution < -0.4 is 21.1 Å². The predicted octanol–water partition coefficient (Wildman–Crippen LogP) is 4.22. The zero-order valence-corrected chi connectivity index (χ0v) is 18.7. The normalized spacial score (nSPS) is 10.7. The van der Waals surface area contributed by atoms with Gasteiger partial charge < -0.3 is 30.3 Å². The van der Waals surface area contributed by atoms with E-state index in [-0.39, 0.29) is 24.2 Å². The lowest BCUT2D eigenvalue weighted by Crippen LogP contribution is -2.27. The number of carbonyl (C=O) groups excluding carboxylic acids is 2. The first-order valence-corrected chi connectivity index (χ1v) is 10.7. The molecule has 0 saturated carbocycles. The minimum Gasteiger partial charge on any atom is -0.492 e. The molecule has 8 heteroatoms. The molecule has 0 aliphatic carbocycles. The largest absolute Gasteiger partial charge is 0.492 e. The number of fused-ring (bicyclic) bond motifs is 1. The molecule has 8 nitrogen and oxygen atoms in total. The van der Waals surface area contributed by atoms with Crippen molar-refractivity contribution < 1.29 is 23.5 Å². The summed E-state index contributed by atoms with van der Waals surface area (Å²) in [5, 5.41) is 6.40. The number of ether oxygens (including phenoxy) is 2. The zero-order valence-electron chi connectivity index (χ0n) is 18.7. The van der Waals surface area contributed by atoms with Crippen molar-refractivity contribution in [1.29, 1.82) is 0 Å². The maximum Gasteiger partial charge on any atom is 0.287 e. The van der Waals surface area contributed by atoms with Crippen LogP contribution in [0.4, 0.5) is 11.4 Å². The van der Waals surface area contributed by atoms with Gasteiger partial charge in [0, 0.05) is 18.1 Å². The molecule has 0 fully saturated rings. The summed E-state index contributed by atoms with van der Waals surface area (Å²) in [5.41, 5.74) is 8.99. The van der Waals surface area contributed by atoms with Gasteiger partial charge in [0.2, 0.25) is 0 Å². The first-order valence-electron chi connectivity index (χ1n) is 10.7. The van der Waals surface area contributed by atoms with E-state index in [0.29, 0.717) is 41.4 Å². The Bertz CT molecular complexity index is 1300. The fraction of sp³-hybridized carbons (Fsp3) is 0.154. The van der Waals surface area contributed by atoms with Crippen molar-refractivity contribution in [3.05, 3.63) is 89.7 Å². The number of furan rings is 1. The molecule has 2 amide bonds. The zero-order chi connectivity index (χ0) is 23.9. The summed E-state index contributed by atoms with van der Waals surface area (Å²) in [6.45, 7) is 1.03. The van der Waals surface area contributed by atoms with E-state index in [1.54, 1.807) is 61.7 Å². The molecule has 4 N–H and O–H groups in total. The Kier molecular flexibility index (Phi) is 7.10. The number of hydrogen-bond acceptors (Lipinski definition) is 6. The van der Waals surface area contributed by atoms with Gasteiger partial charge in [0.1, 0.15) is 17.9 Å². The molecule has 3 aromatic carbocycles. The summed E-state index contributed by atoms with van der Waals surface area (Å²) >= 11 is 0. The third kappa shape index (κ3) is 5.54. The van der Waals surface area contributed by atoms with Gasteiger partial charge in [-0.1, -0.05) is 24.3 Å². The van der Waals surface area contributed by atoms with Crippen LogP contribution >= 0.6 is 0 Å². The number of hydrogen-bond donors (Lipinski definition) is 3.